The number of rotatable bonds is 5. The summed E-state index contributed by atoms with van der Waals surface area (Å²) in [6, 6.07) is 6.64. The van der Waals surface area contributed by atoms with Crippen LogP contribution >= 0.6 is 0 Å². The van der Waals surface area contributed by atoms with Crippen LogP contribution in [0.25, 0.3) is 0 Å². The molecule has 2 N–H and O–H groups in total. The molecule has 0 aliphatic heterocycles. The summed E-state index contributed by atoms with van der Waals surface area (Å²) in [6.45, 7) is 3.62. The molecule has 3 heteroatoms. The minimum atomic E-state index is 0.698. The fourth-order valence-corrected chi connectivity index (χ4v) is 1.93. The van der Waals surface area contributed by atoms with Crippen LogP contribution in [0.4, 0.5) is 5.69 Å². The van der Waals surface area contributed by atoms with E-state index < -0.39 is 0 Å². The van der Waals surface area contributed by atoms with Crippen LogP contribution in [0.1, 0.15) is 25.3 Å². The van der Waals surface area contributed by atoms with E-state index in [-0.39, 0.29) is 0 Å². The molecule has 0 radical (unpaired) electrons. The third-order valence-electron chi connectivity index (χ3n) is 2.97. The lowest BCUT2D eigenvalue weighted by molar-refractivity contribution is 0.296. The summed E-state index contributed by atoms with van der Waals surface area (Å²) in [5, 5.41) is 0. The monoisotopic (exact) mass is 220 g/mol. The van der Waals surface area contributed by atoms with E-state index in [0.29, 0.717) is 6.61 Å². The first kappa shape index (κ1) is 11.3. The number of hydrogen-bond acceptors (Lipinski definition) is 3. The van der Waals surface area contributed by atoms with Crippen molar-refractivity contribution in [3.63, 3.8) is 0 Å². The van der Waals surface area contributed by atoms with Crippen molar-refractivity contribution in [2.75, 3.05) is 19.4 Å². The summed E-state index contributed by atoms with van der Waals surface area (Å²) in [7, 11) is 2.16. The maximum Gasteiger partial charge on any atom is 0.123 e. The first-order chi connectivity index (χ1) is 7.70. The Bertz CT molecular complexity index is 361. The molecule has 0 heterocycles. The number of benzene rings is 1. The van der Waals surface area contributed by atoms with Gasteiger partial charge in [-0.25, -0.2) is 0 Å². The molecule has 2 rings (SSSR count). The molecule has 1 aromatic carbocycles. The van der Waals surface area contributed by atoms with Crippen molar-refractivity contribution < 1.29 is 4.74 Å². The van der Waals surface area contributed by atoms with Gasteiger partial charge in [0.15, 0.2) is 0 Å². The van der Waals surface area contributed by atoms with Gasteiger partial charge in [-0.2, -0.15) is 0 Å². The lowest BCUT2D eigenvalue weighted by Crippen LogP contribution is -2.20. The summed E-state index contributed by atoms with van der Waals surface area (Å²) >= 11 is 0. The van der Waals surface area contributed by atoms with E-state index in [1.54, 1.807) is 0 Å². The first-order valence-electron chi connectivity index (χ1n) is 5.92. The van der Waals surface area contributed by atoms with Crippen LogP contribution in [-0.4, -0.2) is 24.6 Å². The number of hydrogen-bond donors (Lipinski definition) is 1. The zero-order valence-corrected chi connectivity index (χ0v) is 10.1. The highest BCUT2D eigenvalue weighted by Gasteiger charge is 2.26. The molecule has 0 unspecified atom stereocenters. The predicted octanol–water partition coefficient (Wildman–Crippen LogP) is 2.26. The molecule has 0 spiro atoms. The van der Waals surface area contributed by atoms with Crippen LogP contribution in [-0.2, 0) is 6.54 Å². The molecule has 3 nitrogen and oxygen atoms in total. The largest absolute Gasteiger partial charge is 0.494 e. The van der Waals surface area contributed by atoms with E-state index in [2.05, 4.69) is 11.9 Å². The van der Waals surface area contributed by atoms with Crippen molar-refractivity contribution >= 4 is 5.69 Å². The van der Waals surface area contributed by atoms with E-state index in [1.807, 2.05) is 25.1 Å². The Kier molecular flexibility index (Phi) is 3.34. The van der Waals surface area contributed by atoms with Crippen molar-refractivity contribution in [3.8, 4) is 5.75 Å². The normalized spacial score (nSPS) is 15.4. The Morgan fingerprint density at radius 1 is 1.44 bits per heavy atom. The molecule has 1 saturated carbocycles. The van der Waals surface area contributed by atoms with Gasteiger partial charge in [-0.05, 0) is 45.0 Å². The second-order valence-electron chi connectivity index (χ2n) is 4.45. The zero-order chi connectivity index (χ0) is 11.5. The summed E-state index contributed by atoms with van der Waals surface area (Å²) in [5.41, 5.74) is 7.82. The van der Waals surface area contributed by atoms with E-state index in [0.717, 1.165) is 24.0 Å². The number of anilines is 1. The number of ether oxygens (including phenoxy) is 1. The molecule has 1 aliphatic rings. The van der Waals surface area contributed by atoms with Gasteiger partial charge in [-0.15, -0.1) is 0 Å². The maximum absolute atomic E-state index is 5.82. The van der Waals surface area contributed by atoms with Crippen molar-refractivity contribution in [2.24, 2.45) is 0 Å². The Morgan fingerprint density at radius 3 is 2.81 bits per heavy atom. The van der Waals surface area contributed by atoms with Gasteiger partial charge >= 0.3 is 0 Å². The summed E-state index contributed by atoms with van der Waals surface area (Å²) in [5.74, 6) is 0.962. The third kappa shape index (κ3) is 2.67. The van der Waals surface area contributed by atoms with Crippen molar-refractivity contribution in [2.45, 2.75) is 32.4 Å². The number of nitrogen functional groups attached to an aromatic ring is 1. The van der Waals surface area contributed by atoms with E-state index >= 15 is 0 Å². The Hall–Kier alpha value is -1.22. The molecular formula is C13H20N2O. The molecule has 0 aromatic heterocycles. The van der Waals surface area contributed by atoms with Crippen LogP contribution in [0.3, 0.4) is 0 Å². The fraction of sp³-hybridized carbons (Fsp3) is 0.538. The minimum absolute atomic E-state index is 0.698. The molecule has 0 atom stereocenters. The van der Waals surface area contributed by atoms with Gasteiger partial charge in [0, 0.05) is 23.8 Å². The van der Waals surface area contributed by atoms with Gasteiger partial charge in [0.2, 0.25) is 0 Å². The second-order valence-corrected chi connectivity index (χ2v) is 4.45. The number of nitrogens with two attached hydrogens (primary N) is 1. The average molecular weight is 220 g/mol. The van der Waals surface area contributed by atoms with E-state index in [4.69, 9.17) is 10.5 Å². The quantitative estimate of drug-likeness (QED) is 0.774. The lowest BCUT2D eigenvalue weighted by atomic mass is 10.1. The minimum Gasteiger partial charge on any atom is -0.494 e. The van der Waals surface area contributed by atoms with Crippen LogP contribution < -0.4 is 10.5 Å². The van der Waals surface area contributed by atoms with Crippen LogP contribution in [0.2, 0.25) is 0 Å². The summed E-state index contributed by atoms with van der Waals surface area (Å²) in [4.78, 5) is 2.37. The van der Waals surface area contributed by atoms with Crippen molar-refractivity contribution in [3.05, 3.63) is 23.8 Å². The second kappa shape index (κ2) is 4.74. The van der Waals surface area contributed by atoms with Crippen LogP contribution in [0.5, 0.6) is 5.75 Å². The van der Waals surface area contributed by atoms with Gasteiger partial charge in [-0.1, -0.05) is 0 Å². The molecule has 88 valence electrons. The van der Waals surface area contributed by atoms with Gasteiger partial charge < -0.3 is 10.5 Å². The number of nitrogens with zero attached hydrogens (tertiary/aromatic N) is 1. The molecule has 0 bridgehead atoms. The molecule has 1 aliphatic carbocycles. The molecular weight excluding hydrogens is 200 g/mol. The van der Waals surface area contributed by atoms with Gasteiger partial charge in [0.05, 0.1) is 6.61 Å². The van der Waals surface area contributed by atoms with E-state index in [1.165, 1.54) is 18.4 Å². The zero-order valence-electron chi connectivity index (χ0n) is 10.1. The van der Waals surface area contributed by atoms with Crippen molar-refractivity contribution in [1.29, 1.82) is 0 Å². The maximum atomic E-state index is 5.82. The molecule has 0 amide bonds. The summed E-state index contributed by atoms with van der Waals surface area (Å²) in [6.07, 6.45) is 2.64. The SMILES string of the molecule is CCOc1ccc(N)cc1CN(C)C1CC1. The van der Waals surface area contributed by atoms with Gasteiger partial charge in [0.25, 0.3) is 0 Å². The Morgan fingerprint density at radius 2 is 2.19 bits per heavy atom. The summed E-state index contributed by atoms with van der Waals surface area (Å²) < 4.78 is 5.61. The van der Waals surface area contributed by atoms with E-state index in [9.17, 15) is 0 Å². The molecule has 1 aromatic rings. The predicted molar refractivity (Wildman–Crippen MR) is 66.5 cm³/mol. The molecule has 16 heavy (non-hydrogen) atoms. The molecule has 0 saturated heterocycles. The van der Waals surface area contributed by atoms with Gasteiger partial charge in [0.1, 0.15) is 5.75 Å². The highest BCUT2D eigenvalue weighted by molar-refractivity contribution is 5.47. The fourth-order valence-electron chi connectivity index (χ4n) is 1.93. The lowest BCUT2D eigenvalue weighted by Gasteiger charge is -2.18. The van der Waals surface area contributed by atoms with Crippen molar-refractivity contribution in [1.82, 2.24) is 4.90 Å². The topological polar surface area (TPSA) is 38.5 Å². The highest BCUT2D eigenvalue weighted by Crippen LogP contribution is 2.29. The third-order valence-corrected chi connectivity index (χ3v) is 2.97. The average Bonchev–Trinajstić information content (AvgIpc) is 3.05. The van der Waals surface area contributed by atoms with Crippen LogP contribution in [0, 0.1) is 0 Å². The van der Waals surface area contributed by atoms with Gasteiger partial charge in [-0.3, -0.25) is 4.90 Å². The molecule has 1 fully saturated rings. The smallest absolute Gasteiger partial charge is 0.123 e. The standard InChI is InChI=1S/C13H20N2O/c1-3-16-13-7-4-11(14)8-10(13)9-15(2)12-5-6-12/h4,7-8,12H,3,5-6,9,14H2,1-2H3. The highest BCUT2D eigenvalue weighted by atomic mass is 16.5. The Labute approximate surface area is 97.2 Å². The first-order valence-corrected chi connectivity index (χ1v) is 5.92. The Balaban J connectivity index is 2.12. The van der Waals surface area contributed by atoms with Crippen LogP contribution in [0.15, 0.2) is 18.2 Å².